The zero-order valence-electron chi connectivity index (χ0n) is 16.2. The molecule has 2 aromatic heterocycles. The lowest BCUT2D eigenvalue weighted by Crippen LogP contribution is -2.22. The van der Waals surface area contributed by atoms with E-state index in [0.29, 0.717) is 0 Å². The Morgan fingerprint density at radius 1 is 1.13 bits per heavy atom. The number of hydrogen-bond donors (Lipinski definition) is 1. The van der Waals surface area contributed by atoms with Gasteiger partial charge in [0, 0.05) is 12.4 Å². The summed E-state index contributed by atoms with van der Waals surface area (Å²) in [6, 6.07) is 11.7. The Hall–Kier alpha value is -4.32. The molecule has 9 nitrogen and oxygen atoms in total. The van der Waals surface area contributed by atoms with Crippen molar-refractivity contribution in [3.05, 3.63) is 71.2 Å². The topological polar surface area (TPSA) is 124 Å². The van der Waals surface area contributed by atoms with Crippen molar-refractivity contribution in [2.45, 2.75) is 6.92 Å². The average molecular weight is 407 g/mol. The maximum atomic E-state index is 12.5. The first kappa shape index (κ1) is 20.4. The van der Waals surface area contributed by atoms with Crippen LogP contribution < -0.4 is 5.32 Å². The van der Waals surface area contributed by atoms with Gasteiger partial charge < -0.3 is 19.2 Å². The number of nitrogens with zero attached hydrogens (tertiary/aromatic N) is 2. The fraction of sp³-hybridized carbons (Fsp3) is 0.143. The molecule has 30 heavy (non-hydrogen) atoms. The maximum absolute atomic E-state index is 12.5. The number of nitriles is 1. The van der Waals surface area contributed by atoms with Gasteiger partial charge in [0.05, 0.1) is 18.4 Å². The van der Waals surface area contributed by atoms with Gasteiger partial charge in [0.15, 0.2) is 6.61 Å². The number of amides is 1. The molecule has 1 aromatic carbocycles. The number of carbonyl (C=O) groups excluding carboxylic acids is 3. The van der Waals surface area contributed by atoms with Gasteiger partial charge in [-0.25, -0.2) is 9.59 Å². The minimum atomic E-state index is -0.873. The highest BCUT2D eigenvalue weighted by molar-refractivity contribution is 6.02. The molecular formula is C21H17N3O6. The number of para-hydroxylation sites is 1. The van der Waals surface area contributed by atoms with Gasteiger partial charge in [-0.2, -0.15) is 5.26 Å². The number of hydrogen-bond acceptors (Lipinski definition) is 7. The van der Waals surface area contributed by atoms with Crippen LogP contribution in [0.3, 0.4) is 0 Å². The minimum Gasteiger partial charge on any atom is -0.465 e. The van der Waals surface area contributed by atoms with Crippen molar-refractivity contribution in [1.82, 2.24) is 4.57 Å². The van der Waals surface area contributed by atoms with Crippen LogP contribution in [-0.2, 0) is 14.3 Å². The summed E-state index contributed by atoms with van der Waals surface area (Å²) < 4.78 is 16.8. The van der Waals surface area contributed by atoms with Crippen LogP contribution >= 0.6 is 0 Å². The summed E-state index contributed by atoms with van der Waals surface area (Å²) in [6.45, 7) is 0.903. The molecule has 1 amide bonds. The summed E-state index contributed by atoms with van der Waals surface area (Å²) in [5.74, 6) is -1.78. The molecule has 9 heteroatoms. The fourth-order valence-electron chi connectivity index (χ4n) is 2.80. The normalized spacial score (nSPS) is 10.2. The third-order valence-corrected chi connectivity index (χ3v) is 4.16. The first-order chi connectivity index (χ1) is 14.5. The Bertz CT molecular complexity index is 1140. The van der Waals surface area contributed by atoms with E-state index in [1.807, 2.05) is 6.07 Å². The maximum Gasteiger partial charge on any atom is 0.343 e. The summed E-state index contributed by atoms with van der Waals surface area (Å²) in [4.78, 5) is 36.5. The second-order valence-corrected chi connectivity index (χ2v) is 6.08. The Kier molecular flexibility index (Phi) is 5.98. The molecule has 3 rings (SSSR count). The molecule has 0 atom stereocenters. The van der Waals surface area contributed by atoms with E-state index in [0.717, 1.165) is 0 Å². The van der Waals surface area contributed by atoms with E-state index in [4.69, 9.17) is 9.15 Å². The molecule has 3 aromatic rings. The lowest BCUT2D eigenvalue weighted by atomic mass is 10.1. The zero-order valence-corrected chi connectivity index (χ0v) is 16.2. The summed E-state index contributed by atoms with van der Waals surface area (Å²) in [6.07, 6.45) is 3.33. The summed E-state index contributed by atoms with van der Waals surface area (Å²) in [7, 11) is 1.23. The molecule has 2 heterocycles. The summed E-state index contributed by atoms with van der Waals surface area (Å²) >= 11 is 0. The van der Waals surface area contributed by atoms with Crippen LogP contribution in [0.15, 0.2) is 53.2 Å². The second-order valence-electron chi connectivity index (χ2n) is 6.08. The number of anilines is 1. The van der Waals surface area contributed by atoms with Crippen molar-refractivity contribution in [1.29, 1.82) is 5.26 Å². The Morgan fingerprint density at radius 2 is 1.83 bits per heavy atom. The lowest BCUT2D eigenvalue weighted by molar-refractivity contribution is -0.119. The van der Waals surface area contributed by atoms with Crippen molar-refractivity contribution in [3.8, 4) is 12.0 Å². The standard InChI is InChI=1S/C21H17N3O6/c1-13-18(15(11-22)19(30-13)24-9-5-6-10-24)21(27)29-12-17(25)23-16-8-4-3-7-14(16)20(26)28-2/h3-10H,12H2,1-2H3,(H,23,25). The van der Waals surface area contributed by atoms with Gasteiger partial charge in [0.25, 0.3) is 5.91 Å². The van der Waals surface area contributed by atoms with Crippen LogP contribution in [0.1, 0.15) is 32.0 Å². The second kappa shape index (κ2) is 8.79. The van der Waals surface area contributed by atoms with Gasteiger partial charge >= 0.3 is 11.9 Å². The van der Waals surface area contributed by atoms with Crippen LogP contribution in [0.2, 0.25) is 0 Å². The number of benzene rings is 1. The quantitative estimate of drug-likeness (QED) is 0.623. The van der Waals surface area contributed by atoms with Crippen molar-refractivity contribution < 1.29 is 28.3 Å². The predicted molar refractivity (Wildman–Crippen MR) is 104 cm³/mol. The number of ether oxygens (including phenoxy) is 2. The molecule has 0 bridgehead atoms. The Morgan fingerprint density at radius 3 is 2.50 bits per heavy atom. The number of methoxy groups -OCH3 is 1. The van der Waals surface area contributed by atoms with Gasteiger partial charge in [-0.1, -0.05) is 12.1 Å². The molecule has 152 valence electrons. The number of aromatic nitrogens is 1. The van der Waals surface area contributed by atoms with Crippen LogP contribution in [0.5, 0.6) is 0 Å². The molecule has 0 fully saturated rings. The highest BCUT2D eigenvalue weighted by Crippen LogP contribution is 2.26. The number of rotatable bonds is 6. The van der Waals surface area contributed by atoms with Gasteiger partial charge in [0.2, 0.25) is 5.88 Å². The molecule has 0 aliphatic rings. The Labute approximate surface area is 171 Å². The van der Waals surface area contributed by atoms with Crippen molar-refractivity contribution in [2.75, 3.05) is 19.0 Å². The van der Waals surface area contributed by atoms with Gasteiger partial charge in [0.1, 0.15) is 23.0 Å². The van der Waals surface area contributed by atoms with E-state index in [-0.39, 0.29) is 34.0 Å². The molecule has 0 aliphatic heterocycles. The third kappa shape index (κ3) is 4.07. The minimum absolute atomic E-state index is 0.00476. The average Bonchev–Trinajstić information content (AvgIpc) is 3.39. The predicted octanol–water partition coefficient (Wildman–Crippen LogP) is 2.83. The molecule has 1 N–H and O–H groups in total. The van der Waals surface area contributed by atoms with Crippen molar-refractivity contribution in [3.63, 3.8) is 0 Å². The fourth-order valence-corrected chi connectivity index (χ4v) is 2.80. The monoisotopic (exact) mass is 407 g/mol. The first-order valence-electron chi connectivity index (χ1n) is 8.77. The third-order valence-electron chi connectivity index (χ3n) is 4.16. The van der Waals surface area contributed by atoms with Crippen molar-refractivity contribution in [2.24, 2.45) is 0 Å². The van der Waals surface area contributed by atoms with Gasteiger partial charge in [-0.3, -0.25) is 9.36 Å². The highest BCUT2D eigenvalue weighted by atomic mass is 16.5. The molecule has 0 unspecified atom stereocenters. The van der Waals surface area contributed by atoms with Crippen molar-refractivity contribution >= 4 is 23.5 Å². The number of carbonyl (C=O) groups is 3. The Balaban J connectivity index is 1.72. The van der Waals surface area contributed by atoms with Crippen LogP contribution in [-0.4, -0.2) is 36.1 Å². The zero-order chi connectivity index (χ0) is 21.7. The SMILES string of the molecule is COC(=O)c1ccccc1NC(=O)COC(=O)c1c(C)oc(-n2cccc2)c1C#N. The van der Waals surface area contributed by atoms with E-state index in [1.165, 1.54) is 26.2 Å². The number of aryl methyl sites for hydroxylation is 1. The van der Waals surface area contributed by atoms with Gasteiger partial charge in [-0.05, 0) is 31.2 Å². The molecule has 0 spiro atoms. The summed E-state index contributed by atoms with van der Waals surface area (Å²) in [5, 5.41) is 12.0. The molecule has 0 radical (unpaired) electrons. The lowest BCUT2D eigenvalue weighted by Gasteiger charge is -2.10. The smallest absolute Gasteiger partial charge is 0.343 e. The van der Waals surface area contributed by atoms with Gasteiger partial charge in [-0.15, -0.1) is 0 Å². The van der Waals surface area contributed by atoms with Crippen LogP contribution in [0.4, 0.5) is 5.69 Å². The number of esters is 2. The molecule has 0 saturated carbocycles. The van der Waals surface area contributed by atoms with E-state index in [9.17, 15) is 19.6 Å². The van der Waals surface area contributed by atoms with E-state index >= 15 is 0 Å². The highest BCUT2D eigenvalue weighted by Gasteiger charge is 2.26. The van der Waals surface area contributed by atoms with E-state index in [1.54, 1.807) is 41.2 Å². The largest absolute Gasteiger partial charge is 0.465 e. The first-order valence-corrected chi connectivity index (χ1v) is 8.77. The van der Waals surface area contributed by atoms with Crippen LogP contribution in [0.25, 0.3) is 5.88 Å². The number of furan rings is 1. The molecular weight excluding hydrogens is 390 g/mol. The van der Waals surface area contributed by atoms with E-state index in [2.05, 4.69) is 10.1 Å². The van der Waals surface area contributed by atoms with E-state index < -0.39 is 24.5 Å². The molecule has 0 aliphatic carbocycles. The van der Waals surface area contributed by atoms with Crippen LogP contribution in [0, 0.1) is 18.3 Å². The number of nitrogens with one attached hydrogen (secondary N) is 1. The summed E-state index contributed by atoms with van der Waals surface area (Å²) in [5.41, 5.74) is 0.333. The molecule has 0 saturated heterocycles.